The van der Waals surface area contributed by atoms with E-state index in [1.54, 1.807) is 30.3 Å². The lowest BCUT2D eigenvalue weighted by Gasteiger charge is -2.39. The number of aliphatic hydroxyl groups excluding tert-OH is 1. The minimum atomic E-state index is -3.71. The Balaban J connectivity index is 1.53. The van der Waals surface area contributed by atoms with Crippen molar-refractivity contribution in [3.8, 4) is 0 Å². The first-order valence-electron chi connectivity index (χ1n) is 14.0. The Bertz CT molecular complexity index is 1790. The number of hydrogen-bond acceptors (Lipinski definition) is 8. The highest BCUT2D eigenvalue weighted by atomic mass is 35.5. The van der Waals surface area contributed by atoms with Gasteiger partial charge in [-0.1, -0.05) is 41.4 Å². The summed E-state index contributed by atoms with van der Waals surface area (Å²) in [5, 5.41) is 29.4. The first kappa shape index (κ1) is 30.9. The molecule has 44 heavy (non-hydrogen) atoms. The zero-order valence-electron chi connectivity index (χ0n) is 23.5. The Morgan fingerprint density at radius 3 is 2.59 bits per heavy atom. The van der Waals surface area contributed by atoms with Crippen molar-refractivity contribution in [2.24, 2.45) is 5.92 Å². The molecule has 2 aliphatic heterocycles. The smallest absolute Gasteiger partial charge is 0.275 e. The highest BCUT2D eigenvalue weighted by Gasteiger charge is 2.67. The monoisotopic (exact) mass is 662 g/mol. The summed E-state index contributed by atoms with van der Waals surface area (Å²) in [4.78, 5) is 27.4. The average molecular weight is 664 g/mol. The minimum absolute atomic E-state index is 0.136. The number of hydrogen-bond donors (Lipinski definition) is 3. The number of nitro benzene ring substituents is 1. The lowest BCUT2D eigenvalue weighted by atomic mass is 9.73. The molecule has 0 bridgehead atoms. The number of sulfone groups is 1. The van der Waals surface area contributed by atoms with Crippen LogP contribution in [0.15, 0.2) is 59.5 Å². The first-order valence-corrected chi connectivity index (χ1v) is 16.7. The van der Waals surface area contributed by atoms with Gasteiger partial charge in [-0.2, -0.15) is 0 Å². The van der Waals surface area contributed by atoms with Gasteiger partial charge in [-0.3, -0.25) is 19.8 Å². The maximum absolute atomic E-state index is 16.0. The van der Waals surface area contributed by atoms with Crippen LogP contribution in [0, 0.1) is 21.8 Å². The fourth-order valence-corrected chi connectivity index (χ4v) is 7.82. The van der Waals surface area contributed by atoms with Crippen LogP contribution in [0.5, 0.6) is 0 Å². The molecule has 2 heterocycles. The number of fused-ring (bicyclic) bond motifs is 2. The third-order valence-corrected chi connectivity index (χ3v) is 10.6. The van der Waals surface area contributed by atoms with Crippen LogP contribution < -0.4 is 10.6 Å². The van der Waals surface area contributed by atoms with Crippen molar-refractivity contribution >= 4 is 50.3 Å². The van der Waals surface area contributed by atoms with Gasteiger partial charge >= 0.3 is 0 Å². The van der Waals surface area contributed by atoms with Gasteiger partial charge in [0, 0.05) is 59.2 Å². The number of benzene rings is 3. The number of carbonyl (C=O) groups is 1. The van der Waals surface area contributed by atoms with E-state index in [1.165, 1.54) is 18.2 Å². The largest absolute Gasteiger partial charge is 0.395 e. The van der Waals surface area contributed by atoms with Crippen LogP contribution in [0.1, 0.15) is 35.4 Å². The van der Waals surface area contributed by atoms with Gasteiger partial charge in [-0.05, 0) is 54.7 Å². The summed E-state index contributed by atoms with van der Waals surface area (Å²) < 4.78 is 40.2. The second kappa shape index (κ2) is 11.3. The molecule has 232 valence electrons. The van der Waals surface area contributed by atoms with Gasteiger partial charge in [0.1, 0.15) is 11.4 Å². The summed E-state index contributed by atoms with van der Waals surface area (Å²) in [7, 11) is -3.71. The first-order chi connectivity index (χ1) is 20.9. The van der Waals surface area contributed by atoms with Crippen molar-refractivity contribution in [3.05, 3.63) is 97.3 Å². The molecule has 3 aliphatic rings. The Morgan fingerprint density at radius 1 is 1.18 bits per heavy atom. The molecule has 0 radical (unpaired) electrons. The van der Waals surface area contributed by atoms with Crippen LogP contribution in [0.25, 0.3) is 0 Å². The van der Waals surface area contributed by atoms with Gasteiger partial charge in [0.05, 0.1) is 27.5 Å². The molecule has 1 saturated heterocycles. The lowest BCUT2D eigenvalue weighted by molar-refractivity contribution is -0.385. The van der Waals surface area contributed by atoms with Gasteiger partial charge < -0.3 is 15.7 Å². The molecule has 0 unspecified atom stereocenters. The second-order valence-electron chi connectivity index (χ2n) is 11.6. The van der Waals surface area contributed by atoms with Crippen molar-refractivity contribution in [2.75, 3.05) is 24.7 Å². The second-order valence-corrected chi connectivity index (χ2v) is 14.5. The SMILES string of the molecule is CS(=O)(=O)c1ccc(CN[C@@H]2[C@H](CO)N(CC3CC3)[C@@]3(C(=O)Nc4cc(Cl)ccc43)[C@H]2c2cccc(Cl)c2F)c([N+](=O)[O-])c1. The molecule has 6 rings (SSSR count). The van der Waals surface area contributed by atoms with Crippen LogP contribution in [-0.2, 0) is 26.7 Å². The van der Waals surface area contributed by atoms with Crippen LogP contribution >= 0.6 is 23.2 Å². The third-order valence-electron chi connectivity index (χ3n) is 8.93. The predicted octanol–water partition coefficient (Wildman–Crippen LogP) is 4.62. The normalized spacial score (nSPS) is 24.9. The van der Waals surface area contributed by atoms with E-state index in [2.05, 4.69) is 10.6 Å². The highest BCUT2D eigenvalue weighted by molar-refractivity contribution is 7.90. The van der Waals surface area contributed by atoms with Crippen molar-refractivity contribution < 1.29 is 27.6 Å². The third kappa shape index (κ3) is 5.07. The van der Waals surface area contributed by atoms with E-state index in [4.69, 9.17) is 23.2 Å². The van der Waals surface area contributed by atoms with Crippen LogP contribution in [0.4, 0.5) is 15.8 Å². The molecule has 1 amide bonds. The standard InChI is InChI=1S/C30H29Cl2FN4O6S/c1-44(42,43)19-9-7-17(24(12-19)37(40)41)13-34-28-25(15-38)36(14-16-5-6-16)30(26(28)20-3-2-4-22(32)27(20)33)21-10-8-18(31)11-23(21)35-29(30)39/h2-4,7-12,16,25-26,28,34,38H,5-6,13-15H2,1H3,(H,35,39)/t25-,26-,28+,30+/m0/s1. The molecule has 0 aromatic heterocycles. The van der Waals surface area contributed by atoms with E-state index in [0.29, 0.717) is 22.8 Å². The molecule has 3 N–H and O–H groups in total. The molecular weight excluding hydrogens is 634 g/mol. The highest BCUT2D eigenvalue weighted by Crippen LogP contribution is 2.58. The van der Waals surface area contributed by atoms with Gasteiger partial charge in [0.15, 0.2) is 9.84 Å². The molecule has 2 fully saturated rings. The summed E-state index contributed by atoms with van der Waals surface area (Å²) in [6.45, 7) is -0.0977. The number of nitrogens with one attached hydrogen (secondary N) is 2. The molecule has 4 atom stereocenters. The molecule has 3 aromatic rings. The Labute approximate surface area is 263 Å². The molecule has 14 heteroatoms. The molecular formula is C30H29Cl2FN4O6S. The van der Waals surface area contributed by atoms with E-state index in [1.807, 2.05) is 4.90 Å². The number of nitrogens with zero attached hydrogens (tertiary/aromatic N) is 2. The van der Waals surface area contributed by atoms with Gasteiger partial charge in [-0.15, -0.1) is 0 Å². The Hall–Kier alpha value is -3.13. The van der Waals surface area contributed by atoms with E-state index in [0.717, 1.165) is 25.2 Å². The number of nitro groups is 1. The van der Waals surface area contributed by atoms with Crippen molar-refractivity contribution in [1.29, 1.82) is 0 Å². The van der Waals surface area contributed by atoms with Crippen molar-refractivity contribution in [3.63, 3.8) is 0 Å². The summed E-state index contributed by atoms with van der Waals surface area (Å²) in [5.41, 5.74) is -0.518. The zero-order valence-corrected chi connectivity index (χ0v) is 25.8. The van der Waals surface area contributed by atoms with Gasteiger partial charge in [-0.25, -0.2) is 12.8 Å². The van der Waals surface area contributed by atoms with E-state index in [-0.39, 0.29) is 33.5 Å². The molecule has 1 spiro atoms. The fraction of sp³-hybridized carbons (Fsp3) is 0.367. The molecule has 3 aromatic carbocycles. The summed E-state index contributed by atoms with van der Waals surface area (Å²) in [6, 6.07) is 11.7. The summed E-state index contributed by atoms with van der Waals surface area (Å²) in [6.07, 6.45) is 2.84. The Morgan fingerprint density at radius 2 is 1.93 bits per heavy atom. The van der Waals surface area contributed by atoms with Crippen LogP contribution in [-0.4, -0.2) is 60.7 Å². The molecule has 1 saturated carbocycles. The topological polar surface area (TPSA) is 142 Å². The molecule has 1 aliphatic carbocycles. The number of carbonyl (C=O) groups excluding carboxylic acids is 1. The Kier molecular flexibility index (Phi) is 7.96. The number of aliphatic hydroxyl groups is 1. The van der Waals surface area contributed by atoms with E-state index >= 15 is 4.39 Å². The minimum Gasteiger partial charge on any atom is -0.395 e. The summed E-state index contributed by atoms with van der Waals surface area (Å²) >= 11 is 12.6. The van der Waals surface area contributed by atoms with Crippen LogP contribution in [0.2, 0.25) is 10.0 Å². The number of rotatable bonds is 9. The maximum atomic E-state index is 16.0. The van der Waals surface area contributed by atoms with E-state index in [9.17, 15) is 28.4 Å². The number of halogens is 3. The predicted molar refractivity (Wildman–Crippen MR) is 163 cm³/mol. The van der Waals surface area contributed by atoms with Crippen molar-refractivity contribution in [1.82, 2.24) is 10.2 Å². The average Bonchev–Trinajstić information content (AvgIpc) is 3.69. The van der Waals surface area contributed by atoms with Crippen LogP contribution in [0.3, 0.4) is 0 Å². The number of anilines is 1. The molecule has 10 nitrogen and oxygen atoms in total. The van der Waals surface area contributed by atoms with Gasteiger partial charge in [0.2, 0.25) is 5.91 Å². The maximum Gasteiger partial charge on any atom is 0.275 e. The fourth-order valence-electron chi connectivity index (χ4n) is 6.83. The quantitative estimate of drug-likeness (QED) is 0.223. The zero-order chi connectivity index (χ0) is 31.6. The van der Waals surface area contributed by atoms with Crippen molar-refractivity contribution in [2.45, 2.75) is 47.8 Å². The lowest BCUT2D eigenvalue weighted by Crippen LogP contribution is -2.53. The number of amides is 1. The van der Waals surface area contributed by atoms with E-state index < -0.39 is 62.3 Å². The summed E-state index contributed by atoms with van der Waals surface area (Å²) in [5.74, 6) is -1.81. The number of likely N-dealkylation sites (tertiary alicyclic amines) is 1. The van der Waals surface area contributed by atoms with Gasteiger partial charge in [0.25, 0.3) is 5.69 Å².